The Morgan fingerprint density at radius 1 is 1.15 bits per heavy atom. The van der Waals surface area contributed by atoms with Gasteiger partial charge in [-0.2, -0.15) is 5.10 Å². The molecule has 2 heterocycles. The second kappa shape index (κ2) is 3.36. The summed E-state index contributed by atoms with van der Waals surface area (Å²) in [5.41, 5.74) is 0.840. The van der Waals surface area contributed by atoms with E-state index in [4.69, 9.17) is 23.2 Å². The number of pyridine rings is 1. The summed E-state index contributed by atoms with van der Waals surface area (Å²) >= 11 is 11.4. The molecule has 2 aromatic heterocycles. The molecule has 0 radical (unpaired) electrons. The fraction of sp³-hybridized carbons (Fsp3) is 0. The van der Waals surface area contributed by atoms with Crippen molar-refractivity contribution in [2.24, 2.45) is 0 Å². The number of nitrogens with zero attached hydrogens (tertiary/aromatic N) is 3. The number of hydrogen-bond acceptors (Lipinski definition) is 2. The number of rotatable bonds is 1. The van der Waals surface area contributed by atoms with E-state index in [0.29, 0.717) is 10.3 Å². The standard InChI is InChI=1S/C8H5Cl2N3/c9-7-2-4-13(12-7)6-1-3-11-8(10)5-6/h1-5H. The highest BCUT2D eigenvalue weighted by Gasteiger charge is 1.99. The molecule has 0 spiro atoms. The van der Waals surface area contributed by atoms with Crippen LogP contribution in [0, 0.1) is 0 Å². The fourth-order valence-electron chi connectivity index (χ4n) is 0.980. The molecule has 13 heavy (non-hydrogen) atoms. The molecule has 5 heteroatoms. The van der Waals surface area contributed by atoms with Crippen molar-refractivity contribution in [3.05, 3.63) is 40.9 Å². The molecule has 0 fully saturated rings. The maximum Gasteiger partial charge on any atom is 0.151 e. The average Bonchev–Trinajstić information content (AvgIpc) is 2.52. The predicted molar refractivity (Wildman–Crippen MR) is 51.4 cm³/mol. The van der Waals surface area contributed by atoms with Crippen molar-refractivity contribution in [1.29, 1.82) is 0 Å². The zero-order valence-corrected chi connectivity index (χ0v) is 8.00. The minimum Gasteiger partial charge on any atom is -0.244 e. The quantitative estimate of drug-likeness (QED) is 0.683. The van der Waals surface area contributed by atoms with Gasteiger partial charge in [0.15, 0.2) is 5.15 Å². The van der Waals surface area contributed by atoms with Crippen LogP contribution in [0.3, 0.4) is 0 Å². The molecule has 0 aliphatic rings. The van der Waals surface area contributed by atoms with E-state index in [0.717, 1.165) is 5.69 Å². The van der Waals surface area contributed by atoms with E-state index in [1.807, 2.05) is 0 Å². The zero-order chi connectivity index (χ0) is 9.26. The Morgan fingerprint density at radius 2 is 2.00 bits per heavy atom. The van der Waals surface area contributed by atoms with Crippen LogP contribution in [0.5, 0.6) is 0 Å². The molecule has 0 saturated heterocycles. The van der Waals surface area contributed by atoms with E-state index < -0.39 is 0 Å². The molecule has 2 aromatic rings. The van der Waals surface area contributed by atoms with Gasteiger partial charge in [-0.15, -0.1) is 0 Å². The smallest absolute Gasteiger partial charge is 0.151 e. The molecule has 0 aromatic carbocycles. The average molecular weight is 214 g/mol. The van der Waals surface area contributed by atoms with Crippen molar-refractivity contribution >= 4 is 23.2 Å². The molecule has 0 bridgehead atoms. The molecular formula is C8H5Cl2N3. The minimum absolute atomic E-state index is 0.434. The Labute approximate surface area is 84.9 Å². The molecule has 0 aliphatic heterocycles. The highest BCUT2D eigenvalue weighted by Crippen LogP contribution is 2.13. The summed E-state index contributed by atoms with van der Waals surface area (Å²) in [6.07, 6.45) is 3.38. The lowest BCUT2D eigenvalue weighted by Crippen LogP contribution is -1.94. The second-order valence-electron chi connectivity index (χ2n) is 2.42. The topological polar surface area (TPSA) is 30.7 Å². The Kier molecular flexibility index (Phi) is 2.20. The van der Waals surface area contributed by atoms with Crippen molar-refractivity contribution in [1.82, 2.24) is 14.8 Å². The van der Waals surface area contributed by atoms with Crippen LogP contribution in [0.25, 0.3) is 5.69 Å². The van der Waals surface area contributed by atoms with Crippen LogP contribution in [-0.4, -0.2) is 14.8 Å². The first-order valence-electron chi connectivity index (χ1n) is 3.59. The first-order valence-corrected chi connectivity index (χ1v) is 4.34. The van der Waals surface area contributed by atoms with E-state index in [1.165, 1.54) is 0 Å². The monoisotopic (exact) mass is 213 g/mol. The van der Waals surface area contributed by atoms with E-state index >= 15 is 0 Å². The van der Waals surface area contributed by atoms with Gasteiger partial charge in [0.2, 0.25) is 0 Å². The Hall–Kier alpha value is -1.06. The largest absolute Gasteiger partial charge is 0.244 e. The molecule has 0 aliphatic carbocycles. The van der Waals surface area contributed by atoms with Gasteiger partial charge >= 0.3 is 0 Å². The molecule has 66 valence electrons. The number of halogens is 2. The minimum atomic E-state index is 0.434. The molecule has 0 amide bonds. The summed E-state index contributed by atoms with van der Waals surface area (Å²) in [6.45, 7) is 0. The predicted octanol–water partition coefficient (Wildman–Crippen LogP) is 2.57. The van der Waals surface area contributed by atoms with Gasteiger partial charge in [-0.3, -0.25) is 0 Å². The first kappa shape index (κ1) is 8.53. The van der Waals surface area contributed by atoms with Gasteiger partial charge < -0.3 is 0 Å². The third-order valence-electron chi connectivity index (χ3n) is 1.53. The maximum atomic E-state index is 5.72. The highest BCUT2D eigenvalue weighted by molar-refractivity contribution is 6.29. The Balaban J connectivity index is 2.46. The second-order valence-corrected chi connectivity index (χ2v) is 3.19. The summed E-state index contributed by atoms with van der Waals surface area (Å²) in [4.78, 5) is 3.86. The lowest BCUT2D eigenvalue weighted by molar-refractivity contribution is 0.878. The maximum absolute atomic E-state index is 5.72. The SMILES string of the molecule is Clc1cc(-n2ccc(Cl)n2)ccn1. The van der Waals surface area contributed by atoms with E-state index in [-0.39, 0.29) is 0 Å². The van der Waals surface area contributed by atoms with Crippen LogP contribution in [0.15, 0.2) is 30.6 Å². The highest BCUT2D eigenvalue weighted by atomic mass is 35.5. The van der Waals surface area contributed by atoms with E-state index in [1.54, 1.807) is 35.3 Å². The van der Waals surface area contributed by atoms with Crippen LogP contribution >= 0.6 is 23.2 Å². The summed E-state index contributed by atoms with van der Waals surface area (Å²) in [5.74, 6) is 0. The molecule has 3 nitrogen and oxygen atoms in total. The lowest BCUT2D eigenvalue weighted by Gasteiger charge is -1.99. The van der Waals surface area contributed by atoms with Gasteiger partial charge in [0.05, 0.1) is 5.69 Å². The zero-order valence-electron chi connectivity index (χ0n) is 6.48. The van der Waals surface area contributed by atoms with Crippen LogP contribution in [0.1, 0.15) is 0 Å². The Bertz CT molecular complexity index is 425. The summed E-state index contributed by atoms with van der Waals surface area (Å²) in [7, 11) is 0. The lowest BCUT2D eigenvalue weighted by atomic mass is 10.4. The van der Waals surface area contributed by atoms with E-state index in [9.17, 15) is 0 Å². The van der Waals surface area contributed by atoms with Crippen molar-refractivity contribution < 1.29 is 0 Å². The van der Waals surface area contributed by atoms with Crippen LogP contribution in [0.4, 0.5) is 0 Å². The Morgan fingerprint density at radius 3 is 2.62 bits per heavy atom. The van der Waals surface area contributed by atoms with Gasteiger partial charge in [-0.05, 0) is 12.1 Å². The van der Waals surface area contributed by atoms with Crippen LogP contribution < -0.4 is 0 Å². The molecule has 0 unspecified atom stereocenters. The van der Waals surface area contributed by atoms with Gasteiger partial charge in [-0.1, -0.05) is 23.2 Å². The molecule has 0 saturated carbocycles. The fourth-order valence-corrected chi connectivity index (χ4v) is 1.29. The van der Waals surface area contributed by atoms with Gasteiger partial charge in [0, 0.05) is 18.5 Å². The molecule has 2 rings (SSSR count). The van der Waals surface area contributed by atoms with Gasteiger partial charge in [-0.25, -0.2) is 9.67 Å². The van der Waals surface area contributed by atoms with Crippen molar-refractivity contribution in [2.75, 3.05) is 0 Å². The number of hydrogen-bond donors (Lipinski definition) is 0. The third kappa shape index (κ3) is 1.82. The van der Waals surface area contributed by atoms with Crippen LogP contribution in [-0.2, 0) is 0 Å². The van der Waals surface area contributed by atoms with Gasteiger partial charge in [0.1, 0.15) is 5.15 Å². The van der Waals surface area contributed by atoms with Gasteiger partial charge in [0.25, 0.3) is 0 Å². The molecular weight excluding hydrogens is 209 g/mol. The van der Waals surface area contributed by atoms with E-state index in [2.05, 4.69) is 10.1 Å². The van der Waals surface area contributed by atoms with Crippen LogP contribution in [0.2, 0.25) is 10.3 Å². The molecule has 0 N–H and O–H groups in total. The van der Waals surface area contributed by atoms with Crippen molar-refractivity contribution in [3.8, 4) is 5.69 Å². The first-order chi connectivity index (χ1) is 6.25. The number of aromatic nitrogens is 3. The third-order valence-corrected chi connectivity index (χ3v) is 1.94. The van der Waals surface area contributed by atoms with Crippen molar-refractivity contribution in [3.63, 3.8) is 0 Å². The normalized spacial score (nSPS) is 10.3. The summed E-state index contributed by atoms with van der Waals surface area (Å²) in [6, 6.07) is 5.22. The summed E-state index contributed by atoms with van der Waals surface area (Å²) < 4.78 is 1.63. The molecule has 0 atom stereocenters. The van der Waals surface area contributed by atoms with Crippen molar-refractivity contribution in [2.45, 2.75) is 0 Å². The summed E-state index contributed by atoms with van der Waals surface area (Å²) in [5, 5.41) is 4.90.